The Bertz CT molecular complexity index is 909. The molecule has 1 aliphatic carbocycles. The van der Waals surface area contributed by atoms with Crippen molar-refractivity contribution in [1.82, 2.24) is 0 Å². The molecular weight excluding hydrogens is 348 g/mol. The molecule has 146 valence electrons. The monoisotopic (exact) mass is 378 g/mol. The van der Waals surface area contributed by atoms with Crippen LogP contribution < -0.4 is 0 Å². The second-order valence-corrected chi connectivity index (χ2v) is 8.07. The lowest BCUT2D eigenvalue weighted by molar-refractivity contribution is 0.378. The number of benzene rings is 3. The van der Waals surface area contributed by atoms with Crippen LogP contribution in [0.2, 0.25) is 0 Å². The third kappa shape index (κ3) is 3.98. The van der Waals surface area contributed by atoms with E-state index in [9.17, 15) is 0 Å². The first-order valence-electron chi connectivity index (χ1n) is 10.9. The van der Waals surface area contributed by atoms with E-state index < -0.39 is 0 Å². The molecule has 0 saturated heterocycles. The second-order valence-electron chi connectivity index (χ2n) is 8.07. The molecule has 0 N–H and O–H groups in total. The quantitative estimate of drug-likeness (QED) is 0.380. The Balaban J connectivity index is 1.83. The van der Waals surface area contributed by atoms with Gasteiger partial charge in [-0.15, -0.1) is 0 Å². The van der Waals surface area contributed by atoms with Gasteiger partial charge in [-0.3, -0.25) is 0 Å². The number of rotatable bonds is 8. The molecule has 1 unspecified atom stereocenters. The maximum absolute atomic E-state index is 2.44. The predicted octanol–water partition coefficient (Wildman–Crippen LogP) is 7.52. The van der Waals surface area contributed by atoms with Gasteiger partial charge in [0.25, 0.3) is 0 Å². The Morgan fingerprint density at radius 3 is 1.83 bits per heavy atom. The second kappa shape index (κ2) is 9.09. The van der Waals surface area contributed by atoms with Crippen molar-refractivity contribution in [3.05, 3.63) is 131 Å². The van der Waals surface area contributed by atoms with Crippen LogP contribution in [0.3, 0.4) is 0 Å². The molecule has 0 heterocycles. The Labute approximate surface area is 175 Å². The summed E-state index contributed by atoms with van der Waals surface area (Å²) in [5, 5.41) is 0. The third-order valence-corrected chi connectivity index (χ3v) is 6.30. The van der Waals surface area contributed by atoms with Crippen molar-refractivity contribution in [3.63, 3.8) is 0 Å². The molecule has 0 nitrogen and oxygen atoms in total. The lowest BCUT2D eigenvalue weighted by Crippen LogP contribution is -2.36. The Hall–Kier alpha value is -2.86. The van der Waals surface area contributed by atoms with Gasteiger partial charge >= 0.3 is 0 Å². The van der Waals surface area contributed by atoms with Crippen molar-refractivity contribution in [3.8, 4) is 0 Å². The maximum atomic E-state index is 2.44. The van der Waals surface area contributed by atoms with Crippen LogP contribution in [0.25, 0.3) is 0 Å². The van der Waals surface area contributed by atoms with E-state index in [1.807, 2.05) is 0 Å². The summed E-state index contributed by atoms with van der Waals surface area (Å²) in [6, 6.07) is 33.2. The highest BCUT2D eigenvalue weighted by atomic mass is 14.4. The van der Waals surface area contributed by atoms with Gasteiger partial charge in [0.15, 0.2) is 0 Å². The smallest absolute Gasteiger partial charge is 0.0303 e. The van der Waals surface area contributed by atoms with Crippen molar-refractivity contribution < 1.29 is 0 Å². The van der Waals surface area contributed by atoms with E-state index in [-0.39, 0.29) is 5.41 Å². The van der Waals surface area contributed by atoms with Crippen LogP contribution in [-0.2, 0) is 11.8 Å². The first-order valence-corrected chi connectivity index (χ1v) is 10.9. The van der Waals surface area contributed by atoms with Crippen molar-refractivity contribution in [2.24, 2.45) is 5.92 Å². The molecule has 0 radical (unpaired) electrons. The highest BCUT2D eigenvalue weighted by Gasteiger charge is 2.42. The average molecular weight is 379 g/mol. The lowest BCUT2D eigenvalue weighted by atomic mass is 9.61. The molecule has 0 bridgehead atoms. The molecule has 1 atom stereocenters. The molecule has 0 amide bonds. The molecule has 1 aliphatic rings. The molecule has 0 aromatic heterocycles. The van der Waals surface area contributed by atoms with E-state index in [0.717, 1.165) is 12.8 Å². The van der Waals surface area contributed by atoms with Crippen molar-refractivity contribution >= 4 is 0 Å². The summed E-state index contributed by atoms with van der Waals surface area (Å²) in [7, 11) is 0. The number of hydrogen-bond donors (Lipinski definition) is 0. The van der Waals surface area contributed by atoms with Gasteiger partial charge in [-0.1, -0.05) is 135 Å². The minimum atomic E-state index is -0.0356. The lowest BCUT2D eigenvalue weighted by Gasteiger charge is -2.41. The summed E-state index contributed by atoms with van der Waals surface area (Å²) in [6.45, 7) is 2.30. The van der Waals surface area contributed by atoms with Gasteiger partial charge in [0.1, 0.15) is 0 Å². The highest BCUT2D eigenvalue weighted by Crippen LogP contribution is 2.49. The standard InChI is InChI=1S/C29H30/c1-2-3-22-29(26-17-9-5-10-18-26,27-19-11-6-12-20-27)28-21-13-16-25(28)23-24-14-7-4-8-15-24/h4-21,28H,2-3,22-23H2,1H3. The van der Waals surface area contributed by atoms with Crippen LogP contribution in [0.1, 0.15) is 42.9 Å². The van der Waals surface area contributed by atoms with E-state index in [0.29, 0.717) is 5.92 Å². The van der Waals surface area contributed by atoms with Gasteiger partial charge in [-0.05, 0) is 29.5 Å². The first-order chi connectivity index (χ1) is 14.3. The fourth-order valence-electron chi connectivity index (χ4n) is 4.90. The SMILES string of the molecule is CCCCC(c1ccccc1)(c1ccccc1)C1C=CC=C1Cc1ccccc1. The van der Waals surface area contributed by atoms with Gasteiger partial charge in [-0.2, -0.15) is 0 Å². The largest absolute Gasteiger partial charge is 0.0761 e. The summed E-state index contributed by atoms with van der Waals surface area (Å²) in [5.41, 5.74) is 5.72. The summed E-state index contributed by atoms with van der Waals surface area (Å²) >= 11 is 0. The van der Waals surface area contributed by atoms with Gasteiger partial charge in [0, 0.05) is 11.3 Å². The summed E-state index contributed by atoms with van der Waals surface area (Å²) < 4.78 is 0. The minimum Gasteiger partial charge on any atom is -0.0761 e. The fraction of sp³-hybridized carbons (Fsp3) is 0.241. The number of allylic oxidation sites excluding steroid dienone is 4. The van der Waals surface area contributed by atoms with Crippen molar-refractivity contribution in [1.29, 1.82) is 0 Å². The Morgan fingerprint density at radius 1 is 0.724 bits per heavy atom. The molecule has 3 aromatic carbocycles. The Morgan fingerprint density at radius 2 is 1.28 bits per heavy atom. The van der Waals surface area contributed by atoms with Crippen LogP contribution in [0.4, 0.5) is 0 Å². The minimum absolute atomic E-state index is 0.0356. The highest BCUT2D eigenvalue weighted by molar-refractivity contribution is 5.48. The van der Waals surface area contributed by atoms with E-state index in [1.165, 1.54) is 35.1 Å². The Kier molecular flexibility index (Phi) is 6.10. The van der Waals surface area contributed by atoms with Crippen LogP contribution in [-0.4, -0.2) is 0 Å². The van der Waals surface area contributed by atoms with Crippen LogP contribution in [0.15, 0.2) is 115 Å². The molecule has 0 heteroatoms. The van der Waals surface area contributed by atoms with E-state index in [2.05, 4.69) is 116 Å². The maximum Gasteiger partial charge on any atom is 0.0303 e. The molecule has 3 aromatic rings. The molecule has 0 aliphatic heterocycles. The fourth-order valence-corrected chi connectivity index (χ4v) is 4.90. The average Bonchev–Trinajstić information content (AvgIpc) is 3.25. The summed E-state index contributed by atoms with van der Waals surface area (Å²) in [4.78, 5) is 0. The zero-order valence-electron chi connectivity index (χ0n) is 17.3. The molecule has 29 heavy (non-hydrogen) atoms. The molecular formula is C29H30. The molecule has 0 fully saturated rings. The van der Waals surface area contributed by atoms with Crippen molar-refractivity contribution in [2.75, 3.05) is 0 Å². The van der Waals surface area contributed by atoms with E-state index >= 15 is 0 Å². The molecule has 4 rings (SSSR count). The van der Waals surface area contributed by atoms with Crippen LogP contribution >= 0.6 is 0 Å². The zero-order valence-corrected chi connectivity index (χ0v) is 17.3. The number of unbranched alkanes of at least 4 members (excludes halogenated alkanes) is 1. The summed E-state index contributed by atoms with van der Waals surface area (Å²) in [6.07, 6.45) is 11.6. The van der Waals surface area contributed by atoms with Crippen LogP contribution in [0, 0.1) is 5.92 Å². The first kappa shape index (κ1) is 19.5. The number of hydrogen-bond acceptors (Lipinski definition) is 0. The van der Waals surface area contributed by atoms with Gasteiger partial charge in [-0.25, -0.2) is 0 Å². The zero-order chi connectivity index (χ0) is 19.9. The van der Waals surface area contributed by atoms with Gasteiger partial charge < -0.3 is 0 Å². The van der Waals surface area contributed by atoms with Gasteiger partial charge in [0.2, 0.25) is 0 Å². The van der Waals surface area contributed by atoms with Crippen LogP contribution in [0.5, 0.6) is 0 Å². The van der Waals surface area contributed by atoms with E-state index in [1.54, 1.807) is 0 Å². The third-order valence-electron chi connectivity index (χ3n) is 6.30. The summed E-state index contributed by atoms with van der Waals surface area (Å²) in [5.74, 6) is 0.374. The molecule has 0 saturated carbocycles. The topological polar surface area (TPSA) is 0 Å². The molecule has 0 spiro atoms. The predicted molar refractivity (Wildman–Crippen MR) is 124 cm³/mol. The normalized spacial score (nSPS) is 16.0. The van der Waals surface area contributed by atoms with Gasteiger partial charge in [0.05, 0.1) is 0 Å². The van der Waals surface area contributed by atoms with Crippen molar-refractivity contribution in [2.45, 2.75) is 38.0 Å². The van der Waals surface area contributed by atoms with E-state index in [4.69, 9.17) is 0 Å².